The summed E-state index contributed by atoms with van der Waals surface area (Å²) < 4.78 is 43.0. The lowest BCUT2D eigenvalue weighted by molar-refractivity contribution is -0.137. The van der Waals surface area contributed by atoms with Crippen molar-refractivity contribution in [3.8, 4) is 10.8 Å². The molecule has 0 saturated heterocycles. The van der Waals surface area contributed by atoms with Gasteiger partial charge in [-0.15, -0.1) is 21.5 Å². The van der Waals surface area contributed by atoms with Crippen LogP contribution >= 0.6 is 23.1 Å². The Morgan fingerprint density at radius 3 is 2.54 bits per heavy atom. The lowest BCUT2D eigenvalue weighted by Gasteiger charge is -2.11. The molecule has 0 aliphatic carbocycles. The highest BCUT2D eigenvalue weighted by Crippen LogP contribution is 2.31. The van der Waals surface area contributed by atoms with Gasteiger partial charge in [0.25, 0.3) is 11.1 Å². The number of nitrogens with zero attached hydrogens (tertiary/aromatic N) is 2. The molecule has 1 aromatic carbocycles. The third-order valence-corrected chi connectivity index (χ3v) is 4.88. The van der Waals surface area contributed by atoms with Crippen LogP contribution in [-0.4, -0.2) is 21.1 Å². The molecule has 1 atom stereocenters. The molecule has 0 aliphatic heterocycles. The fourth-order valence-electron chi connectivity index (χ4n) is 1.91. The van der Waals surface area contributed by atoms with E-state index in [-0.39, 0.29) is 5.75 Å². The molecule has 24 heavy (non-hydrogen) atoms. The maximum Gasteiger partial charge on any atom is 0.416 e. The van der Waals surface area contributed by atoms with Crippen LogP contribution in [0.2, 0.25) is 0 Å². The van der Waals surface area contributed by atoms with Gasteiger partial charge in [0.15, 0.2) is 0 Å². The zero-order valence-electron chi connectivity index (χ0n) is 12.0. The van der Waals surface area contributed by atoms with Gasteiger partial charge in [-0.05, 0) is 29.1 Å². The average Bonchev–Trinajstić information content (AvgIpc) is 3.23. The van der Waals surface area contributed by atoms with Crippen LogP contribution in [0.4, 0.5) is 13.2 Å². The van der Waals surface area contributed by atoms with Crippen molar-refractivity contribution in [2.75, 3.05) is 5.75 Å². The van der Waals surface area contributed by atoms with E-state index in [1.165, 1.54) is 23.5 Å². The second-order valence-electron chi connectivity index (χ2n) is 4.80. The zero-order chi connectivity index (χ0) is 17.2. The Labute approximate surface area is 143 Å². The molecule has 0 fully saturated rings. The molecule has 0 spiro atoms. The number of aromatic nitrogens is 2. The number of rotatable bonds is 5. The highest BCUT2D eigenvalue weighted by atomic mass is 32.2. The van der Waals surface area contributed by atoms with Crippen LogP contribution < -0.4 is 0 Å². The Hall–Kier alpha value is -1.84. The van der Waals surface area contributed by atoms with Crippen molar-refractivity contribution in [2.24, 2.45) is 0 Å². The molecule has 126 valence electrons. The van der Waals surface area contributed by atoms with Crippen LogP contribution in [0.3, 0.4) is 0 Å². The first kappa shape index (κ1) is 17.0. The number of alkyl halides is 3. The Morgan fingerprint density at radius 2 is 1.92 bits per heavy atom. The molecule has 3 rings (SSSR count). The standard InChI is InChI=1S/C15H11F3N2O2S2/c16-15(17,18)10-5-3-9(4-6-10)11(21)8-24-14-20-19-13(22-14)12-2-1-7-23-12/h1-7,11,21H,8H2. The number of hydrogen-bond donors (Lipinski definition) is 1. The van der Waals surface area contributed by atoms with Gasteiger partial charge in [-0.1, -0.05) is 30.0 Å². The van der Waals surface area contributed by atoms with Crippen molar-refractivity contribution in [1.29, 1.82) is 0 Å². The molecular formula is C15H11F3N2O2S2. The van der Waals surface area contributed by atoms with Crippen molar-refractivity contribution in [3.63, 3.8) is 0 Å². The van der Waals surface area contributed by atoms with Crippen LogP contribution in [0, 0.1) is 0 Å². The summed E-state index contributed by atoms with van der Waals surface area (Å²) >= 11 is 2.61. The molecule has 9 heteroatoms. The van der Waals surface area contributed by atoms with E-state index < -0.39 is 17.8 Å². The maximum atomic E-state index is 12.5. The van der Waals surface area contributed by atoms with E-state index in [9.17, 15) is 18.3 Å². The normalized spacial score (nSPS) is 13.2. The maximum absolute atomic E-state index is 12.5. The molecule has 4 nitrogen and oxygen atoms in total. The summed E-state index contributed by atoms with van der Waals surface area (Å²) in [5, 5.41) is 20.1. The minimum absolute atomic E-state index is 0.192. The minimum atomic E-state index is -4.39. The molecule has 2 aromatic heterocycles. The van der Waals surface area contributed by atoms with Gasteiger partial charge < -0.3 is 9.52 Å². The second kappa shape index (κ2) is 6.96. The third-order valence-electron chi connectivity index (χ3n) is 3.13. The van der Waals surface area contributed by atoms with Crippen molar-refractivity contribution < 1.29 is 22.7 Å². The SMILES string of the molecule is OC(CSc1nnc(-c2cccs2)o1)c1ccc(C(F)(F)F)cc1. The van der Waals surface area contributed by atoms with Gasteiger partial charge in [-0.3, -0.25) is 0 Å². The molecule has 0 radical (unpaired) electrons. The Morgan fingerprint density at radius 1 is 1.17 bits per heavy atom. The largest absolute Gasteiger partial charge is 0.416 e. The van der Waals surface area contributed by atoms with Crippen LogP contribution in [0.25, 0.3) is 10.8 Å². The van der Waals surface area contributed by atoms with E-state index >= 15 is 0 Å². The van der Waals surface area contributed by atoms with Crippen LogP contribution in [0.5, 0.6) is 0 Å². The molecule has 3 aromatic rings. The average molecular weight is 372 g/mol. The number of hydrogen-bond acceptors (Lipinski definition) is 6. The molecule has 0 amide bonds. The molecule has 1 unspecified atom stereocenters. The van der Waals surface area contributed by atoms with E-state index in [0.717, 1.165) is 28.8 Å². The lowest BCUT2D eigenvalue weighted by Crippen LogP contribution is -2.06. The second-order valence-corrected chi connectivity index (χ2v) is 6.72. The summed E-state index contributed by atoms with van der Waals surface area (Å²) in [7, 11) is 0. The van der Waals surface area contributed by atoms with Gasteiger partial charge in [0.05, 0.1) is 16.5 Å². The topological polar surface area (TPSA) is 59.2 Å². The van der Waals surface area contributed by atoms with E-state index in [1.807, 2.05) is 17.5 Å². The Balaban J connectivity index is 1.60. The smallest absolute Gasteiger partial charge is 0.410 e. The quantitative estimate of drug-likeness (QED) is 0.661. The van der Waals surface area contributed by atoms with Crippen LogP contribution in [-0.2, 0) is 6.18 Å². The number of thiophene rings is 1. The zero-order valence-corrected chi connectivity index (χ0v) is 13.7. The monoisotopic (exact) mass is 372 g/mol. The number of thioether (sulfide) groups is 1. The van der Waals surface area contributed by atoms with Gasteiger partial charge >= 0.3 is 6.18 Å². The first-order valence-corrected chi connectivity index (χ1v) is 8.65. The molecule has 1 N–H and O–H groups in total. The molecule has 2 heterocycles. The highest BCUT2D eigenvalue weighted by molar-refractivity contribution is 7.99. The van der Waals surface area contributed by atoms with Crippen molar-refractivity contribution in [2.45, 2.75) is 17.5 Å². The summed E-state index contributed by atoms with van der Waals surface area (Å²) in [5.41, 5.74) is -0.350. The number of benzene rings is 1. The van der Waals surface area contributed by atoms with E-state index in [2.05, 4.69) is 10.2 Å². The number of halogens is 3. The van der Waals surface area contributed by atoms with E-state index in [1.54, 1.807) is 0 Å². The summed E-state index contributed by atoms with van der Waals surface area (Å²) in [4.78, 5) is 0.845. The summed E-state index contributed by atoms with van der Waals surface area (Å²) in [6, 6.07) is 8.14. The predicted molar refractivity (Wildman–Crippen MR) is 84.7 cm³/mol. The van der Waals surface area contributed by atoms with Crippen molar-refractivity contribution >= 4 is 23.1 Å². The highest BCUT2D eigenvalue weighted by Gasteiger charge is 2.30. The van der Waals surface area contributed by atoms with Gasteiger partial charge in [0.2, 0.25) is 0 Å². The first-order chi connectivity index (χ1) is 11.4. The van der Waals surface area contributed by atoms with Gasteiger partial charge in [0.1, 0.15) is 0 Å². The van der Waals surface area contributed by atoms with Gasteiger partial charge in [0, 0.05) is 5.75 Å². The van der Waals surface area contributed by atoms with E-state index in [0.29, 0.717) is 16.7 Å². The fourth-order valence-corrected chi connectivity index (χ4v) is 3.28. The first-order valence-electron chi connectivity index (χ1n) is 6.79. The van der Waals surface area contributed by atoms with Crippen molar-refractivity contribution in [3.05, 3.63) is 52.9 Å². The molecule has 0 bridgehead atoms. The van der Waals surface area contributed by atoms with E-state index in [4.69, 9.17) is 4.42 Å². The van der Waals surface area contributed by atoms with Crippen LogP contribution in [0.1, 0.15) is 17.2 Å². The summed E-state index contributed by atoms with van der Waals surface area (Å²) in [6.45, 7) is 0. The third kappa shape index (κ3) is 3.97. The van der Waals surface area contributed by atoms with Crippen LogP contribution in [0.15, 0.2) is 51.4 Å². The summed E-state index contributed by atoms with van der Waals surface area (Å²) in [6.07, 6.45) is -5.32. The molecule has 0 saturated carbocycles. The fraction of sp³-hybridized carbons (Fsp3) is 0.200. The number of aliphatic hydroxyl groups excluding tert-OH is 1. The summed E-state index contributed by atoms with van der Waals surface area (Å²) in [5.74, 6) is 0.591. The van der Waals surface area contributed by atoms with Gasteiger partial charge in [-0.2, -0.15) is 13.2 Å². The molecule has 0 aliphatic rings. The van der Waals surface area contributed by atoms with Crippen molar-refractivity contribution in [1.82, 2.24) is 10.2 Å². The minimum Gasteiger partial charge on any atom is -0.410 e. The lowest BCUT2D eigenvalue weighted by atomic mass is 10.1. The Bertz CT molecular complexity index is 786. The Kier molecular flexibility index (Phi) is 4.93. The molecular weight excluding hydrogens is 361 g/mol. The van der Waals surface area contributed by atoms with Gasteiger partial charge in [-0.25, -0.2) is 0 Å². The predicted octanol–water partition coefficient (Wildman–Crippen LogP) is 4.64. The number of aliphatic hydroxyl groups is 1.